The highest BCUT2D eigenvalue weighted by molar-refractivity contribution is 7.99. The van der Waals surface area contributed by atoms with Crippen LogP contribution in [-0.4, -0.2) is 10.9 Å². The standard InChI is InChI=1S/C17H18FNOS/c1-11(20)12-5-2-3-8-15(12)19-16-9-10-21-17-13(16)6-4-7-14(17)18/h2-8,11,16,19-20H,9-10H2,1H3. The lowest BCUT2D eigenvalue weighted by atomic mass is 10.0. The Morgan fingerprint density at radius 3 is 2.86 bits per heavy atom. The van der Waals surface area contributed by atoms with Crippen molar-refractivity contribution in [3.05, 3.63) is 59.4 Å². The number of halogens is 1. The summed E-state index contributed by atoms with van der Waals surface area (Å²) in [6, 6.07) is 13.1. The summed E-state index contributed by atoms with van der Waals surface area (Å²) in [7, 11) is 0. The van der Waals surface area contributed by atoms with E-state index in [1.165, 1.54) is 6.07 Å². The van der Waals surface area contributed by atoms with Gasteiger partial charge in [-0.2, -0.15) is 0 Å². The van der Waals surface area contributed by atoms with Crippen LogP contribution in [0.15, 0.2) is 47.4 Å². The second kappa shape index (κ2) is 6.08. The van der Waals surface area contributed by atoms with Crippen LogP contribution in [0.3, 0.4) is 0 Å². The first kappa shape index (κ1) is 14.4. The van der Waals surface area contributed by atoms with Gasteiger partial charge in [0.15, 0.2) is 0 Å². The second-order valence-electron chi connectivity index (χ2n) is 5.26. The first-order valence-electron chi connectivity index (χ1n) is 7.11. The molecule has 0 aliphatic carbocycles. The highest BCUT2D eigenvalue weighted by atomic mass is 32.2. The van der Waals surface area contributed by atoms with Crippen LogP contribution < -0.4 is 5.32 Å². The summed E-state index contributed by atoms with van der Waals surface area (Å²) in [6.45, 7) is 1.75. The largest absolute Gasteiger partial charge is 0.389 e. The molecular weight excluding hydrogens is 285 g/mol. The number of thioether (sulfide) groups is 1. The number of rotatable bonds is 3. The van der Waals surface area contributed by atoms with Crippen LogP contribution in [0.2, 0.25) is 0 Å². The molecule has 0 fully saturated rings. The van der Waals surface area contributed by atoms with E-state index in [1.54, 1.807) is 24.8 Å². The third kappa shape index (κ3) is 2.92. The van der Waals surface area contributed by atoms with Crippen LogP contribution in [0.1, 0.15) is 36.6 Å². The van der Waals surface area contributed by atoms with Crippen LogP contribution >= 0.6 is 11.8 Å². The Bertz CT molecular complexity index is 644. The van der Waals surface area contributed by atoms with Crippen molar-refractivity contribution in [2.24, 2.45) is 0 Å². The van der Waals surface area contributed by atoms with Gasteiger partial charge in [0.25, 0.3) is 0 Å². The number of aliphatic hydroxyl groups is 1. The molecule has 0 radical (unpaired) electrons. The number of nitrogens with one attached hydrogen (secondary N) is 1. The Morgan fingerprint density at radius 1 is 1.24 bits per heavy atom. The van der Waals surface area contributed by atoms with Crippen molar-refractivity contribution in [2.75, 3.05) is 11.1 Å². The number of anilines is 1. The van der Waals surface area contributed by atoms with Gasteiger partial charge in [-0.3, -0.25) is 0 Å². The molecule has 0 amide bonds. The highest BCUT2D eigenvalue weighted by Gasteiger charge is 2.23. The summed E-state index contributed by atoms with van der Waals surface area (Å²) in [5.74, 6) is 0.746. The van der Waals surface area contributed by atoms with Crippen molar-refractivity contribution in [1.82, 2.24) is 0 Å². The van der Waals surface area contributed by atoms with Crippen LogP contribution in [0.25, 0.3) is 0 Å². The van der Waals surface area contributed by atoms with E-state index < -0.39 is 6.10 Å². The van der Waals surface area contributed by atoms with Crippen molar-refractivity contribution < 1.29 is 9.50 Å². The zero-order chi connectivity index (χ0) is 14.8. The molecule has 2 aromatic rings. The molecular formula is C17H18FNOS. The van der Waals surface area contributed by atoms with Gasteiger partial charge in [-0.15, -0.1) is 11.8 Å². The molecule has 2 nitrogen and oxygen atoms in total. The predicted octanol–water partition coefficient (Wildman–Crippen LogP) is 4.53. The first-order chi connectivity index (χ1) is 10.2. The van der Waals surface area contributed by atoms with Gasteiger partial charge in [-0.1, -0.05) is 30.3 Å². The topological polar surface area (TPSA) is 32.3 Å². The molecule has 3 rings (SSSR count). The van der Waals surface area contributed by atoms with E-state index in [-0.39, 0.29) is 11.9 Å². The van der Waals surface area contributed by atoms with Crippen LogP contribution in [-0.2, 0) is 0 Å². The van der Waals surface area contributed by atoms with Crippen LogP contribution in [0, 0.1) is 5.82 Å². The Hall–Kier alpha value is -1.52. The zero-order valence-corrected chi connectivity index (χ0v) is 12.7. The van der Waals surface area contributed by atoms with Gasteiger partial charge in [0.2, 0.25) is 0 Å². The number of hydrogen-bond acceptors (Lipinski definition) is 3. The third-order valence-corrected chi connectivity index (χ3v) is 4.93. The van der Waals surface area contributed by atoms with E-state index in [0.717, 1.165) is 33.9 Å². The molecule has 2 N–H and O–H groups in total. The van der Waals surface area contributed by atoms with E-state index in [1.807, 2.05) is 30.3 Å². The fourth-order valence-electron chi connectivity index (χ4n) is 2.72. The molecule has 2 atom stereocenters. The summed E-state index contributed by atoms with van der Waals surface area (Å²) >= 11 is 1.58. The van der Waals surface area contributed by atoms with Gasteiger partial charge in [0.1, 0.15) is 5.82 Å². The van der Waals surface area contributed by atoms with Gasteiger partial charge in [0, 0.05) is 21.9 Å². The third-order valence-electron chi connectivity index (χ3n) is 3.77. The molecule has 4 heteroatoms. The van der Waals surface area contributed by atoms with Crippen molar-refractivity contribution in [2.45, 2.75) is 30.4 Å². The summed E-state index contributed by atoms with van der Waals surface area (Å²) in [4.78, 5) is 0.746. The van der Waals surface area contributed by atoms with E-state index in [9.17, 15) is 9.50 Å². The molecule has 0 spiro atoms. The van der Waals surface area contributed by atoms with E-state index in [4.69, 9.17) is 0 Å². The van der Waals surface area contributed by atoms with Gasteiger partial charge in [0.05, 0.1) is 12.1 Å². The first-order valence-corrected chi connectivity index (χ1v) is 8.10. The number of benzene rings is 2. The molecule has 110 valence electrons. The van der Waals surface area contributed by atoms with Crippen LogP contribution in [0.4, 0.5) is 10.1 Å². The smallest absolute Gasteiger partial charge is 0.137 e. The Morgan fingerprint density at radius 2 is 2.05 bits per heavy atom. The molecule has 1 aliphatic rings. The highest BCUT2D eigenvalue weighted by Crippen LogP contribution is 2.40. The maximum atomic E-state index is 13.9. The van der Waals surface area contributed by atoms with E-state index >= 15 is 0 Å². The zero-order valence-electron chi connectivity index (χ0n) is 11.8. The fourth-order valence-corrected chi connectivity index (χ4v) is 3.86. The minimum atomic E-state index is -0.529. The van der Waals surface area contributed by atoms with Crippen LogP contribution in [0.5, 0.6) is 0 Å². The number of aliphatic hydroxyl groups excluding tert-OH is 1. The van der Waals surface area contributed by atoms with E-state index in [0.29, 0.717) is 0 Å². The maximum absolute atomic E-state index is 13.9. The maximum Gasteiger partial charge on any atom is 0.137 e. The SMILES string of the molecule is CC(O)c1ccccc1NC1CCSc2c(F)cccc21. The molecule has 0 saturated carbocycles. The number of fused-ring (bicyclic) bond motifs is 1. The lowest BCUT2D eigenvalue weighted by molar-refractivity contribution is 0.200. The Labute approximate surface area is 128 Å². The lowest BCUT2D eigenvalue weighted by Crippen LogP contribution is -2.18. The molecule has 1 aliphatic heterocycles. The average molecular weight is 303 g/mol. The Kier molecular flexibility index (Phi) is 4.17. The number of hydrogen-bond donors (Lipinski definition) is 2. The van der Waals surface area contributed by atoms with Crippen molar-refractivity contribution >= 4 is 17.4 Å². The predicted molar refractivity (Wildman–Crippen MR) is 85.2 cm³/mol. The lowest BCUT2D eigenvalue weighted by Gasteiger charge is -2.28. The van der Waals surface area contributed by atoms with E-state index in [2.05, 4.69) is 5.32 Å². The molecule has 2 aromatic carbocycles. The van der Waals surface area contributed by atoms with Gasteiger partial charge in [-0.25, -0.2) is 4.39 Å². The minimum absolute atomic E-state index is 0.0804. The van der Waals surface area contributed by atoms with Crippen molar-refractivity contribution in [3.63, 3.8) is 0 Å². The van der Waals surface area contributed by atoms with Gasteiger partial charge < -0.3 is 10.4 Å². The fraction of sp³-hybridized carbons (Fsp3) is 0.294. The van der Waals surface area contributed by atoms with Gasteiger partial charge in [-0.05, 0) is 31.0 Å². The summed E-state index contributed by atoms with van der Waals surface area (Å²) in [6.07, 6.45) is 0.411. The quantitative estimate of drug-likeness (QED) is 0.874. The van der Waals surface area contributed by atoms with Crippen molar-refractivity contribution in [3.8, 4) is 0 Å². The minimum Gasteiger partial charge on any atom is -0.389 e. The molecule has 2 unspecified atom stereocenters. The summed E-state index contributed by atoms with van der Waals surface area (Å²) < 4.78 is 13.9. The summed E-state index contributed by atoms with van der Waals surface area (Å²) in [5, 5.41) is 13.3. The number of para-hydroxylation sites is 1. The monoisotopic (exact) mass is 303 g/mol. The molecule has 1 heterocycles. The normalized spacial score (nSPS) is 18.9. The molecule has 21 heavy (non-hydrogen) atoms. The summed E-state index contributed by atoms with van der Waals surface area (Å²) in [5.41, 5.74) is 2.79. The Balaban J connectivity index is 1.93. The molecule has 0 saturated heterocycles. The molecule has 0 bridgehead atoms. The van der Waals surface area contributed by atoms with Gasteiger partial charge >= 0.3 is 0 Å². The average Bonchev–Trinajstić information content (AvgIpc) is 2.49. The van der Waals surface area contributed by atoms with Crippen molar-refractivity contribution in [1.29, 1.82) is 0 Å². The molecule has 0 aromatic heterocycles. The second-order valence-corrected chi connectivity index (χ2v) is 6.36.